The van der Waals surface area contributed by atoms with E-state index in [1.165, 1.54) is 11.8 Å². The summed E-state index contributed by atoms with van der Waals surface area (Å²) in [7, 11) is -1.52. The molecular formula is C18H20N4O4S2. The first-order chi connectivity index (χ1) is 13.2. The number of carbonyl (C=O) groups excluding carboxylic acids is 1. The zero-order chi connectivity index (χ0) is 20.5. The Hall–Kier alpha value is -2.59. The first-order valence-corrected chi connectivity index (χ1v) is 11.2. The average Bonchev–Trinajstić information content (AvgIpc) is 3.19. The SMILES string of the molecule is Cc1occc1-c1nnc(SC(C)C(=O)c2ccc(NS(C)(=O)=O)cc2)n1C. The van der Waals surface area contributed by atoms with Gasteiger partial charge >= 0.3 is 0 Å². The zero-order valence-corrected chi connectivity index (χ0v) is 17.5. The van der Waals surface area contributed by atoms with Crippen LogP contribution in [-0.2, 0) is 17.1 Å². The van der Waals surface area contributed by atoms with E-state index in [9.17, 15) is 13.2 Å². The summed E-state index contributed by atoms with van der Waals surface area (Å²) < 4.78 is 32.0. The highest BCUT2D eigenvalue weighted by Crippen LogP contribution is 2.29. The number of rotatable bonds is 7. The maximum Gasteiger partial charge on any atom is 0.229 e. The van der Waals surface area contributed by atoms with Crippen molar-refractivity contribution in [3.8, 4) is 11.4 Å². The Bertz CT molecular complexity index is 1100. The fourth-order valence-corrected chi connectivity index (χ4v) is 4.09. The summed E-state index contributed by atoms with van der Waals surface area (Å²) in [5.74, 6) is 1.34. The van der Waals surface area contributed by atoms with Crippen LogP contribution in [0.2, 0.25) is 0 Å². The van der Waals surface area contributed by atoms with Crippen LogP contribution in [0, 0.1) is 6.92 Å². The van der Waals surface area contributed by atoms with Crippen molar-refractivity contribution in [3.05, 3.63) is 47.9 Å². The van der Waals surface area contributed by atoms with Crippen molar-refractivity contribution in [2.24, 2.45) is 7.05 Å². The summed E-state index contributed by atoms with van der Waals surface area (Å²) in [4.78, 5) is 12.7. The first kappa shape index (κ1) is 20.2. The molecular weight excluding hydrogens is 400 g/mol. The van der Waals surface area contributed by atoms with Crippen LogP contribution < -0.4 is 4.72 Å². The summed E-state index contributed by atoms with van der Waals surface area (Å²) in [6, 6.07) is 8.16. The number of nitrogens with zero attached hydrogens (tertiary/aromatic N) is 3. The second kappa shape index (κ2) is 7.80. The highest BCUT2D eigenvalue weighted by atomic mass is 32.2. The third-order valence-electron chi connectivity index (χ3n) is 4.06. The van der Waals surface area contributed by atoms with Gasteiger partial charge in [0.2, 0.25) is 10.0 Å². The van der Waals surface area contributed by atoms with Gasteiger partial charge in [-0.25, -0.2) is 8.42 Å². The maximum atomic E-state index is 12.7. The molecule has 0 saturated carbocycles. The minimum absolute atomic E-state index is 0.0834. The van der Waals surface area contributed by atoms with Crippen molar-refractivity contribution < 1.29 is 17.6 Å². The smallest absolute Gasteiger partial charge is 0.229 e. The van der Waals surface area contributed by atoms with Crippen molar-refractivity contribution in [2.75, 3.05) is 11.0 Å². The van der Waals surface area contributed by atoms with E-state index in [-0.39, 0.29) is 5.78 Å². The molecule has 3 rings (SSSR count). The predicted octanol–water partition coefficient (Wildman–Crippen LogP) is 3.12. The van der Waals surface area contributed by atoms with Gasteiger partial charge < -0.3 is 8.98 Å². The number of nitrogens with one attached hydrogen (secondary N) is 1. The number of Topliss-reactive ketones (excluding diaryl/α,β-unsaturated/α-hetero) is 1. The normalized spacial score (nSPS) is 12.7. The number of hydrogen-bond acceptors (Lipinski definition) is 7. The number of carbonyl (C=O) groups is 1. The molecule has 8 nitrogen and oxygen atoms in total. The Morgan fingerprint density at radius 2 is 1.89 bits per heavy atom. The lowest BCUT2D eigenvalue weighted by atomic mass is 10.1. The van der Waals surface area contributed by atoms with Gasteiger partial charge in [-0.3, -0.25) is 9.52 Å². The van der Waals surface area contributed by atoms with Crippen LogP contribution in [0.5, 0.6) is 0 Å². The number of sulfonamides is 1. The van der Waals surface area contributed by atoms with Crippen LogP contribution in [0.25, 0.3) is 11.4 Å². The van der Waals surface area contributed by atoms with E-state index in [1.807, 2.05) is 24.6 Å². The molecule has 0 fully saturated rings. The van der Waals surface area contributed by atoms with Gasteiger partial charge in [0.25, 0.3) is 0 Å². The topological polar surface area (TPSA) is 107 Å². The van der Waals surface area contributed by atoms with Crippen LogP contribution >= 0.6 is 11.8 Å². The molecule has 2 aromatic heterocycles. The van der Waals surface area contributed by atoms with E-state index in [1.54, 1.807) is 37.5 Å². The molecule has 3 aromatic rings. The molecule has 1 atom stereocenters. The summed E-state index contributed by atoms with van der Waals surface area (Å²) in [6.07, 6.45) is 2.67. The van der Waals surface area contributed by atoms with Crippen LogP contribution in [0.1, 0.15) is 23.0 Å². The van der Waals surface area contributed by atoms with E-state index >= 15 is 0 Å². The van der Waals surface area contributed by atoms with Gasteiger partial charge in [0, 0.05) is 18.3 Å². The molecule has 1 unspecified atom stereocenters. The molecule has 10 heteroatoms. The maximum absolute atomic E-state index is 12.7. The average molecular weight is 421 g/mol. The van der Waals surface area contributed by atoms with Gasteiger partial charge in [0.15, 0.2) is 16.8 Å². The fourth-order valence-electron chi connectivity index (χ4n) is 2.63. The van der Waals surface area contributed by atoms with Gasteiger partial charge in [0.1, 0.15) is 5.76 Å². The molecule has 0 saturated heterocycles. The van der Waals surface area contributed by atoms with E-state index in [0.29, 0.717) is 22.2 Å². The lowest BCUT2D eigenvalue weighted by molar-refractivity contribution is 0.0994. The summed E-state index contributed by atoms with van der Waals surface area (Å²) in [5, 5.41) is 8.62. The summed E-state index contributed by atoms with van der Waals surface area (Å²) in [6.45, 7) is 3.65. The fraction of sp³-hybridized carbons (Fsp3) is 0.278. The molecule has 1 aromatic carbocycles. The minimum Gasteiger partial charge on any atom is -0.469 e. The number of thioether (sulfide) groups is 1. The monoisotopic (exact) mass is 420 g/mol. The van der Waals surface area contributed by atoms with Crippen LogP contribution in [0.15, 0.2) is 46.2 Å². The van der Waals surface area contributed by atoms with Gasteiger partial charge in [0.05, 0.1) is 23.3 Å². The summed E-state index contributed by atoms with van der Waals surface area (Å²) >= 11 is 1.31. The number of benzene rings is 1. The minimum atomic E-state index is -3.36. The molecule has 0 aliphatic carbocycles. The Morgan fingerprint density at radius 1 is 1.21 bits per heavy atom. The molecule has 0 aliphatic rings. The molecule has 0 radical (unpaired) electrons. The molecule has 0 spiro atoms. The van der Waals surface area contributed by atoms with Crippen LogP contribution in [0.4, 0.5) is 5.69 Å². The lowest BCUT2D eigenvalue weighted by Gasteiger charge is -2.11. The first-order valence-electron chi connectivity index (χ1n) is 8.38. The Morgan fingerprint density at radius 3 is 2.46 bits per heavy atom. The van der Waals surface area contributed by atoms with Gasteiger partial charge in [-0.05, 0) is 44.2 Å². The largest absolute Gasteiger partial charge is 0.469 e. The highest BCUT2D eigenvalue weighted by Gasteiger charge is 2.21. The second-order valence-corrected chi connectivity index (χ2v) is 9.39. The molecule has 28 heavy (non-hydrogen) atoms. The number of ketones is 1. The van der Waals surface area contributed by atoms with Crippen molar-refractivity contribution in [3.63, 3.8) is 0 Å². The second-order valence-electron chi connectivity index (χ2n) is 6.33. The van der Waals surface area contributed by atoms with Gasteiger partial charge in [-0.15, -0.1) is 10.2 Å². The number of hydrogen-bond donors (Lipinski definition) is 1. The molecule has 2 heterocycles. The van der Waals surface area contributed by atoms with Gasteiger partial charge in [-0.2, -0.15) is 0 Å². The standard InChI is InChI=1S/C18H20N4O4S2/c1-11-15(9-10-26-11)17-19-20-18(22(17)3)27-12(2)16(23)13-5-7-14(8-6-13)21-28(4,24)25/h5-10,12,21H,1-4H3. The number of aryl methyl sites for hydroxylation is 1. The van der Waals surface area contributed by atoms with Crippen molar-refractivity contribution in [1.29, 1.82) is 0 Å². The van der Waals surface area contributed by atoms with E-state index in [0.717, 1.165) is 17.6 Å². The molecule has 0 amide bonds. The van der Waals surface area contributed by atoms with E-state index in [4.69, 9.17) is 4.42 Å². The number of anilines is 1. The third kappa shape index (κ3) is 4.45. The highest BCUT2D eigenvalue weighted by molar-refractivity contribution is 8.00. The molecule has 0 aliphatic heterocycles. The summed E-state index contributed by atoms with van der Waals surface area (Å²) in [5.41, 5.74) is 1.76. The number of furan rings is 1. The van der Waals surface area contributed by atoms with Crippen molar-refractivity contribution in [2.45, 2.75) is 24.3 Å². The third-order valence-corrected chi connectivity index (χ3v) is 5.80. The van der Waals surface area contributed by atoms with Crippen LogP contribution in [-0.4, -0.2) is 40.5 Å². The predicted molar refractivity (Wildman–Crippen MR) is 108 cm³/mol. The van der Waals surface area contributed by atoms with Crippen molar-refractivity contribution in [1.82, 2.24) is 14.8 Å². The molecule has 0 bridgehead atoms. The van der Waals surface area contributed by atoms with Gasteiger partial charge in [-0.1, -0.05) is 11.8 Å². The Balaban J connectivity index is 1.73. The Labute approximate surface area is 167 Å². The zero-order valence-electron chi connectivity index (χ0n) is 15.8. The molecule has 148 valence electrons. The van der Waals surface area contributed by atoms with E-state index < -0.39 is 15.3 Å². The lowest BCUT2D eigenvalue weighted by Crippen LogP contribution is -2.15. The van der Waals surface area contributed by atoms with Crippen LogP contribution in [0.3, 0.4) is 0 Å². The Kier molecular flexibility index (Phi) is 5.61. The number of aromatic nitrogens is 3. The van der Waals surface area contributed by atoms with Crippen molar-refractivity contribution >= 4 is 33.3 Å². The quantitative estimate of drug-likeness (QED) is 0.462. The molecule has 1 N–H and O–H groups in total. The van der Waals surface area contributed by atoms with E-state index in [2.05, 4.69) is 14.9 Å².